The van der Waals surface area contributed by atoms with Crippen LogP contribution in [0.4, 0.5) is 5.69 Å². The third-order valence-electron chi connectivity index (χ3n) is 4.92. The van der Waals surface area contributed by atoms with Crippen LogP contribution in [0.5, 0.6) is 11.5 Å². The van der Waals surface area contributed by atoms with E-state index < -0.39 is 23.2 Å². The van der Waals surface area contributed by atoms with Crippen LogP contribution < -0.4 is 9.47 Å². The van der Waals surface area contributed by atoms with Crippen LogP contribution >= 0.6 is 0 Å². The maximum absolute atomic E-state index is 12.7. The molecule has 12 nitrogen and oxygen atoms in total. The van der Waals surface area contributed by atoms with E-state index in [9.17, 15) is 14.9 Å². The van der Waals surface area contributed by atoms with E-state index in [1.165, 1.54) is 13.2 Å². The molecule has 35 heavy (non-hydrogen) atoms. The molecule has 12 heteroatoms. The Hall–Kier alpha value is -4.74. The minimum absolute atomic E-state index is 0.0199. The number of hydrogen-bond donors (Lipinski definition) is 0. The molecule has 2 heterocycles. The summed E-state index contributed by atoms with van der Waals surface area (Å²) < 4.78 is 26.7. The van der Waals surface area contributed by atoms with Crippen molar-refractivity contribution in [1.29, 1.82) is 0 Å². The number of aromatic nitrogens is 3. The van der Waals surface area contributed by atoms with Crippen molar-refractivity contribution >= 4 is 11.7 Å². The van der Waals surface area contributed by atoms with Crippen LogP contribution in [0.3, 0.4) is 0 Å². The van der Waals surface area contributed by atoms with E-state index in [-0.39, 0.29) is 35.5 Å². The Morgan fingerprint density at radius 2 is 1.91 bits per heavy atom. The second-order valence-corrected chi connectivity index (χ2v) is 7.12. The summed E-state index contributed by atoms with van der Waals surface area (Å²) in [5, 5.41) is 23.5. The van der Waals surface area contributed by atoms with Gasteiger partial charge in [-0.25, -0.2) is 4.79 Å². The van der Waals surface area contributed by atoms with Gasteiger partial charge >= 0.3 is 5.97 Å². The molecule has 180 valence electrons. The first-order valence-corrected chi connectivity index (χ1v) is 10.4. The molecule has 0 saturated heterocycles. The highest BCUT2D eigenvalue weighted by atomic mass is 16.6. The number of nitrogens with zero attached hydrogens (tertiary/aromatic N) is 4. The van der Waals surface area contributed by atoms with Gasteiger partial charge in [-0.3, -0.25) is 10.1 Å². The zero-order chi connectivity index (χ0) is 24.9. The Labute approximate surface area is 198 Å². The predicted octanol–water partition coefficient (Wildman–Crippen LogP) is 4.37. The molecule has 0 saturated carbocycles. The molecule has 0 aliphatic rings. The highest BCUT2D eigenvalue weighted by Crippen LogP contribution is 2.36. The summed E-state index contributed by atoms with van der Waals surface area (Å²) >= 11 is 0. The van der Waals surface area contributed by atoms with Gasteiger partial charge in [0.25, 0.3) is 17.5 Å². The first-order valence-electron chi connectivity index (χ1n) is 10.4. The number of methoxy groups -OCH3 is 1. The topological polar surface area (TPSA) is 153 Å². The number of benzene rings is 2. The summed E-state index contributed by atoms with van der Waals surface area (Å²) in [7, 11) is 1.36. The maximum atomic E-state index is 12.7. The van der Waals surface area contributed by atoms with E-state index in [0.717, 1.165) is 11.6 Å². The summed E-state index contributed by atoms with van der Waals surface area (Å²) in [5.41, 5.74) is 1.03. The van der Waals surface area contributed by atoms with Crippen molar-refractivity contribution in [3.05, 3.63) is 69.8 Å². The van der Waals surface area contributed by atoms with Gasteiger partial charge in [-0.15, -0.1) is 10.2 Å². The van der Waals surface area contributed by atoms with E-state index in [0.29, 0.717) is 17.0 Å². The van der Waals surface area contributed by atoms with Gasteiger partial charge in [-0.1, -0.05) is 35.5 Å². The molecule has 0 atom stereocenters. The van der Waals surface area contributed by atoms with Crippen LogP contribution in [0.1, 0.15) is 28.9 Å². The molecule has 0 radical (unpaired) electrons. The van der Waals surface area contributed by atoms with E-state index >= 15 is 0 Å². The first kappa shape index (κ1) is 23.4. The van der Waals surface area contributed by atoms with Crippen LogP contribution in [-0.4, -0.2) is 40.0 Å². The third kappa shape index (κ3) is 4.81. The average molecular weight is 480 g/mol. The molecular formula is C23H20N4O8. The molecule has 0 aliphatic carbocycles. The highest BCUT2D eigenvalue weighted by molar-refractivity contribution is 5.95. The van der Waals surface area contributed by atoms with Crippen LogP contribution in [0, 0.1) is 17.0 Å². The molecule has 0 bridgehead atoms. The van der Waals surface area contributed by atoms with E-state index in [4.69, 9.17) is 23.2 Å². The quantitative estimate of drug-likeness (QED) is 0.190. The number of hydrogen-bond acceptors (Lipinski definition) is 11. The van der Waals surface area contributed by atoms with Crippen molar-refractivity contribution < 1.29 is 32.9 Å². The fourth-order valence-corrected chi connectivity index (χ4v) is 3.33. The zero-order valence-electron chi connectivity index (χ0n) is 19.0. The Morgan fingerprint density at radius 1 is 1.14 bits per heavy atom. The molecule has 0 unspecified atom stereocenters. The van der Waals surface area contributed by atoms with Gasteiger partial charge in [0.2, 0.25) is 0 Å². The largest absolute Gasteiger partial charge is 0.493 e. The summed E-state index contributed by atoms with van der Waals surface area (Å²) in [6.07, 6.45) is 0. The van der Waals surface area contributed by atoms with Crippen LogP contribution in [0.25, 0.3) is 22.7 Å². The lowest BCUT2D eigenvalue weighted by Crippen LogP contribution is -2.10. The second kappa shape index (κ2) is 10.0. The minimum atomic E-state index is -0.969. The number of nitro benzene ring substituents is 1. The first-order chi connectivity index (χ1) is 16.9. The van der Waals surface area contributed by atoms with Crippen LogP contribution in [-0.2, 0) is 11.3 Å². The van der Waals surface area contributed by atoms with Crippen molar-refractivity contribution in [2.75, 3.05) is 13.7 Å². The molecule has 0 amide bonds. The molecule has 4 rings (SSSR count). The lowest BCUT2D eigenvalue weighted by atomic mass is 10.1. The average Bonchev–Trinajstić information content (AvgIpc) is 3.49. The zero-order valence-corrected chi connectivity index (χ0v) is 19.0. The fourth-order valence-electron chi connectivity index (χ4n) is 3.33. The Morgan fingerprint density at radius 3 is 2.60 bits per heavy atom. The van der Waals surface area contributed by atoms with Gasteiger partial charge in [0, 0.05) is 11.6 Å². The van der Waals surface area contributed by atoms with Gasteiger partial charge in [0.05, 0.1) is 24.7 Å². The summed E-state index contributed by atoms with van der Waals surface area (Å²) in [5.74, 6) is -0.105. The number of esters is 1. The van der Waals surface area contributed by atoms with Gasteiger partial charge in [-0.05, 0) is 13.8 Å². The molecule has 0 aliphatic heterocycles. The molecule has 2 aromatic heterocycles. The molecule has 0 fully saturated rings. The van der Waals surface area contributed by atoms with Crippen molar-refractivity contribution in [2.24, 2.45) is 0 Å². The Kier molecular flexibility index (Phi) is 6.71. The standard InChI is InChI=1S/C23H20N4O8/c1-4-32-18-11-16(27(29)30)15(10-17(18)31-3)23(28)33-12-19-24-25-22(34-19)20-13(2)35-26-21(20)14-8-6-5-7-9-14/h5-11H,4,12H2,1-3H3. The minimum Gasteiger partial charge on any atom is -0.493 e. The summed E-state index contributed by atoms with van der Waals surface area (Å²) in [4.78, 5) is 23.5. The van der Waals surface area contributed by atoms with Crippen molar-refractivity contribution in [2.45, 2.75) is 20.5 Å². The van der Waals surface area contributed by atoms with Gasteiger partial charge in [0.15, 0.2) is 18.1 Å². The van der Waals surface area contributed by atoms with Gasteiger partial charge in [0.1, 0.15) is 22.6 Å². The number of aryl methyl sites for hydroxylation is 1. The van der Waals surface area contributed by atoms with Gasteiger partial charge in [-0.2, -0.15) is 0 Å². The molecule has 0 N–H and O–H groups in total. The van der Waals surface area contributed by atoms with Crippen molar-refractivity contribution in [3.63, 3.8) is 0 Å². The fraction of sp³-hybridized carbons (Fsp3) is 0.217. The number of rotatable bonds is 9. The monoisotopic (exact) mass is 480 g/mol. The number of ether oxygens (including phenoxy) is 3. The predicted molar refractivity (Wildman–Crippen MR) is 120 cm³/mol. The lowest BCUT2D eigenvalue weighted by Gasteiger charge is -2.11. The van der Waals surface area contributed by atoms with E-state index in [1.807, 2.05) is 30.3 Å². The second-order valence-electron chi connectivity index (χ2n) is 7.12. The number of carbonyl (C=O) groups excluding carboxylic acids is 1. The lowest BCUT2D eigenvalue weighted by molar-refractivity contribution is -0.385. The third-order valence-corrected chi connectivity index (χ3v) is 4.92. The summed E-state index contributed by atoms with van der Waals surface area (Å²) in [6, 6.07) is 11.6. The molecule has 0 spiro atoms. The Balaban J connectivity index is 1.55. The molecular weight excluding hydrogens is 460 g/mol. The van der Waals surface area contributed by atoms with Crippen LogP contribution in [0.15, 0.2) is 51.4 Å². The van der Waals surface area contributed by atoms with E-state index in [1.54, 1.807) is 13.8 Å². The maximum Gasteiger partial charge on any atom is 0.345 e. The normalized spacial score (nSPS) is 10.7. The van der Waals surface area contributed by atoms with Gasteiger partial charge < -0.3 is 23.2 Å². The molecule has 2 aromatic carbocycles. The van der Waals surface area contributed by atoms with Crippen LogP contribution in [0.2, 0.25) is 0 Å². The van der Waals surface area contributed by atoms with Crippen molar-refractivity contribution in [1.82, 2.24) is 15.4 Å². The van der Waals surface area contributed by atoms with Crippen molar-refractivity contribution in [3.8, 4) is 34.2 Å². The SMILES string of the molecule is CCOc1cc([N+](=O)[O-])c(C(=O)OCc2nnc(-c3c(-c4ccccc4)noc3C)o2)cc1OC. The number of carbonyl (C=O) groups is 1. The molecule has 4 aromatic rings. The number of nitro groups is 1. The smallest absolute Gasteiger partial charge is 0.345 e. The Bertz CT molecular complexity index is 1360. The summed E-state index contributed by atoms with van der Waals surface area (Å²) in [6.45, 7) is 3.27. The van der Waals surface area contributed by atoms with E-state index in [2.05, 4.69) is 15.4 Å². The highest BCUT2D eigenvalue weighted by Gasteiger charge is 2.27.